The number of amides is 1. The van der Waals surface area contributed by atoms with Crippen LogP contribution in [0.4, 0.5) is 5.69 Å². The molecule has 0 unspecified atom stereocenters. The summed E-state index contributed by atoms with van der Waals surface area (Å²) in [4.78, 5) is 12.4. The van der Waals surface area contributed by atoms with Gasteiger partial charge in [0.1, 0.15) is 5.75 Å². The van der Waals surface area contributed by atoms with E-state index in [1.165, 1.54) is 12.1 Å². The van der Waals surface area contributed by atoms with Crippen LogP contribution in [-0.4, -0.2) is 20.9 Å². The van der Waals surface area contributed by atoms with Gasteiger partial charge in [0.2, 0.25) is 0 Å². The van der Waals surface area contributed by atoms with Crippen molar-refractivity contribution in [1.29, 1.82) is 0 Å². The highest BCUT2D eigenvalue weighted by molar-refractivity contribution is 9.10. The minimum atomic E-state index is -3.73. The maximum atomic E-state index is 12.7. The van der Waals surface area contributed by atoms with Crippen LogP contribution in [0.3, 0.4) is 0 Å². The van der Waals surface area contributed by atoms with Gasteiger partial charge in [-0.15, -0.1) is 0 Å². The van der Waals surface area contributed by atoms with Gasteiger partial charge in [-0.1, -0.05) is 45.8 Å². The van der Waals surface area contributed by atoms with Crippen LogP contribution >= 0.6 is 15.9 Å². The Bertz CT molecular complexity index is 1190. The van der Waals surface area contributed by atoms with Crippen LogP contribution in [0.25, 0.3) is 0 Å². The van der Waals surface area contributed by atoms with Gasteiger partial charge in [0.15, 0.2) is 6.61 Å². The molecular formula is C24H25BrN2O4S. The van der Waals surface area contributed by atoms with Gasteiger partial charge in [-0.25, -0.2) is 8.42 Å². The summed E-state index contributed by atoms with van der Waals surface area (Å²) >= 11 is 3.39. The normalized spacial score (nSPS) is 12.1. The number of benzene rings is 3. The van der Waals surface area contributed by atoms with Crippen LogP contribution in [0.2, 0.25) is 0 Å². The molecule has 1 amide bonds. The van der Waals surface area contributed by atoms with Gasteiger partial charge in [0.25, 0.3) is 15.9 Å². The highest BCUT2D eigenvalue weighted by Gasteiger charge is 2.17. The number of aryl methyl sites for hydroxylation is 2. The average molecular weight is 517 g/mol. The first kappa shape index (κ1) is 23.8. The number of sulfonamides is 1. The lowest BCUT2D eigenvalue weighted by Crippen LogP contribution is -2.31. The molecule has 3 rings (SSSR count). The van der Waals surface area contributed by atoms with Crippen molar-refractivity contribution in [3.05, 3.63) is 87.9 Å². The van der Waals surface area contributed by atoms with E-state index in [1.54, 1.807) is 25.1 Å². The Balaban J connectivity index is 1.60. The van der Waals surface area contributed by atoms with Crippen molar-refractivity contribution in [3.63, 3.8) is 0 Å². The van der Waals surface area contributed by atoms with Crippen molar-refractivity contribution in [2.24, 2.45) is 0 Å². The summed E-state index contributed by atoms with van der Waals surface area (Å²) in [5, 5.41) is 2.89. The molecule has 168 valence electrons. The Hall–Kier alpha value is -2.84. The number of hydrogen-bond acceptors (Lipinski definition) is 4. The van der Waals surface area contributed by atoms with E-state index in [0.717, 1.165) is 15.6 Å². The molecule has 0 saturated carbocycles. The van der Waals surface area contributed by atoms with Crippen molar-refractivity contribution in [2.75, 3.05) is 11.3 Å². The fraction of sp³-hybridized carbons (Fsp3) is 0.208. The molecule has 0 heterocycles. The maximum Gasteiger partial charge on any atom is 0.261 e. The number of nitrogens with one attached hydrogen (secondary N) is 2. The largest absolute Gasteiger partial charge is 0.484 e. The maximum absolute atomic E-state index is 12.7. The Morgan fingerprint density at radius 3 is 2.28 bits per heavy atom. The third kappa shape index (κ3) is 6.34. The zero-order valence-corrected chi connectivity index (χ0v) is 20.5. The summed E-state index contributed by atoms with van der Waals surface area (Å²) in [6, 6.07) is 19.2. The molecule has 0 bridgehead atoms. The number of rotatable bonds is 8. The van der Waals surface area contributed by atoms with E-state index in [4.69, 9.17) is 4.74 Å². The summed E-state index contributed by atoms with van der Waals surface area (Å²) in [5.74, 6) is 0.184. The average Bonchev–Trinajstić information content (AvgIpc) is 2.74. The third-order valence-corrected chi connectivity index (χ3v) is 6.77. The SMILES string of the molecule is Cc1ccc(NS(=O)(=O)c2ccc(OCC(=O)N[C@@H](C)c3ccc(Br)cc3)c(C)c2)cc1. The monoisotopic (exact) mass is 516 g/mol. The first-order valence-electron chi connectivity index (χ1n) is 10.0. The van der Waals surface area contributed by atoms with E-state index in [1.807, 2.05) is 50.2 Å². The lowest BCUT2D eigenvalue weighted by molar-refractivity contribution is -0.123. The predicted octanol–water partition coefficient (Wildman–Crippen LogP) is 5.12. The molecule has 6 nitrogen and oxygen atoms in total. The van der Waals surface area contributed by atoms with Crippen LogP contribution in [0, 0.1) is 13.8 Å². The van der Waals surface area contributed by atoms with E-state index in [9.17, 15) is 13.2 Å². The molecule has 0 aliphatic heterocycles. The first-order valence-corrected chi connectivity index (χ1v) is 12.3. The van der Waals surface area contributed by atoms with Gasteiger partial charge >= 0.3 is 0 Å². The van der Waals surface area contributed by atoms with Crippen LogP contribution in [0.15, 0.2) is 76.1 Å². The number of anilines is 1. The molecule has 0 fully saturated rings. The van der Waals surface area contributed by atoms with Gasteiger partial charge in [-0.05, 0) is 74.4 Å². The molecule has 3 aromatic carbocycles. The predicted molar refractivity (Wildman–Crippen MR) is 129 cm³/mol. The summed E-state index contributed by atoms with van der Waals surface area (Å²) in [6.07, 6.45) is 0. The molecule has 2 N–H and O–H groups in total. The molecule has 0 aliphatic carbocycles. The second kappa shape index (κ2) is 10.2. The highest BCUT2D eigenvalue weighted by atomic mass is 79.9. The Labute approximate surface area is 197 Å². The summed E-state index contributed by atoms with van der Waals surface area (Å²) < 4.78 is 34.5. The quantitative estimate of drug-likeness (QED) is 0.434. The van der Waals surface area contributed by atoms with Crippen LogP contribution in [-0.2, 0) is 14.8 Å². The first-order chi connectivity index (χ1) is 15.1. The second-order valence-corrected chi connectivity index (χ2v) is 10.1. The van der Waals surface area contributed by atoms with E-state index in [0.29, 0.717) is 17.0 Å². The van der Waals surface area contributed by atoms with E-state index >= 15 is 0 Å². The van der Waals surface area contributed by atoms with Crippen molar-refractivity contribution < 1.29 is 17.9 Å². The minimum absolute atomic E-state index is 0.122. The number of hydrogen-bond donors (Lipinski definition) is 2. The molecule has 0 saturated heterocycles. The van der Waals surface area contributed by atoms with E-state index in [2.05, 4.69) is 26.0 Å². The van der Waals surface area contributed by atoms with Gasteiger partial charge in [0.05, 0.1) is 10.9 Å². The lowest BCUT2D eigenvalue weighted by atomic mass is 10.1. The van der Waals surface area contributed by atoms with Crippen molar-refractivity contribution >= 4 is 37.5 Å². The molecule has 0 radical (unpaired) electrons. The molecule has 1 atom stereocenters. The smallest absolute Gasteiger partial charge is 0.261 e. The standard InChI is InChI=1S/C24H25BrN2O4S/c1-16-4-10-21(11-5-16)27-32(29,30)22-12-13-23(17(2)14-22)31-15-24(28)26-18(3)19-6-8-20(25)9-7-19/h4-14,18,27H,15H2,1-3H3,(H,26,28)/t18-/m0/s1. The van der Waals surface area contributed by atoms with Crippen LogP contribution in [0.5, 0.6) is 5.75 Å². The zero-order chi connectivity index (χ0) is 23.3. The molecule has 0 aromatic heterocycles. The number of ether oxygens (including phenoxy) is 1. The van der Waals surface area contributed by atoms with Gasteiger partial charge < -0.3 is 10.1 Å². The minimum Gasteiger partial charge on any atom is -0.484 e. The second-order valence-electron chi connectivity index (χ2n) is 7.53. The Morgan fingerprint density at radius 1 is 1.00 bits per heavy atom. The molecular weight excluding hydrogens is 492 g/mol. The van der Waals surface area contributed by atoms with Gasteiger partial charge in [-0.3, -0.25) is 9.52 Å². The zero-order valence-electron chi connectivity index (χ0n) is 18.1. The van der Waals surface area contributed by atoms with Crippen LogP contribution < -0.4 is 14.8 Å². The Kier molecular flexibility index (Phi) is 7.58. The summed E-state index contributed by atoms with van der Waals surface area (Å²) in [6.45, 7) is 5.40. The molecule has 0 spiro atoms. The molecule has 0 aliphatic rings. The van der Waals surface area contributed by atoms with Gasteiger partial charge in [-0.2, -0.15) is 0 Å². The van der Waals surface area contributed by atoms with Crippen LogP contribution in [0.1, 0.15) is 29.7 Å². The van der Waals surface area contributed by atoms with Gasteiger partial charge in [0, 0.05) is 10.2 Å². The Morgan fingerprint density at radius 2 is 1.66 bits per heavy atom. The van der Waals surface area contributed by atoms with E-state index < -0.39 is 10.0 Å². The van der Waals surface area contributed by atoms with Crippen molar-refractivity contribution in [1.82, 2.24) is 5.32 Å². The number of carbonyl (C=O) groups excluding carboxylic acids is 1. The van der Waals surface area contributed by atoms with E-state index in [-0.39, 0.29) is 23.5 Å². The van der Waals surface area contributed by atoms with Crippen molar-refractivity contribution in [2.45, 2.75) is 31.7 Å². The third-order valence-electron chi connectivity index (χ3n) is 4.87. The molecule has 32 heavy (non-hydrogen) atoms. The highest BCUT2D eigenvalue weighted by Crippen LogP contribution is 2.24. The fourth-order valence-electron chi connectivity index (χ4n) is 3.05. The lowest BCUT2D eigenvalue weighted by Gasteiger charge is -2.16. The summed E-state index contributed by atoms with van der Waals surface area (Å²) in [7, 11) is -3.73. The number of carbonyl (C=O) groups is 1. The molecule has 3 aromatic rings. The fourth-order valence-corrected chi connectivity index (χ4v) is 4.46. The topological polar surface area (TPSA) is 84.5 Å². The molecule has 8 heteroatoms. The van der Waals surface area contributed by atoms with Crippen molar-refractivity contribution in [3.8, 4) is 5.75 Å². The summed E-state index contributed by atoms with van der Waals surface area (Å²) in [5.41, 5.74) is 3.13. The number of halogens is 1.